The van der Waals surface area contributed by atoms with Gasteiger partial charge >= 0.3 is 0 Å². The summed E-state index contributed by atoms with van der Waals surface area (Å²) in [6.07, 6.45) is 11.3. The maximum atomic E-state index is 7.62. The van der Waals surface area contributed by atoms with Gasteiger partial charge in [0.1, 0.15) is 0 Å². The second kappa shape index (κ2) is 6.58. The van der Waals surface area contributed by atoms with E-state index in [1.165, 1.54) is 29.6 Å². The van der Waals surface area contributed by atoms with Crippen molar-refractivity contribution in [1.29, 1.82) is 5.41 Å². The molecule has 0 radical (unpaired) electrons. The van der Waals surface area contributed by atoms with Gasteiger partial charge in [0.2, 0.25) is 0 Å². The molecule has 0 aliphatic heterocycles. The van der Waals surface area contributed by atoms with Crippen LogP contribution in [0, 0.1) is 11.3 Å². The summed E-state index contributed by atoms with van der Waals surface area (Å²) in [5.74, 6) is 0.373. The maximum Gasteiger partial charge on any atom is 0.00894 e. The van der Waals surface area contributed by atoms with Crippen molar-refractivity contribution in [2.45, 2.75) is 53.4 Å². The molecule has 0 amide bonds. The fraction of sp³-hybridized carbons (Fsp3) is 0.562. The first-order chi connectivity index (χ1) is 8.04. The molecule has 94 valence electrons. The normalized spacial score (nSPS) is 18.5. The zero-order valence-electron chi connectivity index (χ0n) is 11.6. The van der Waals surface area contributed by atoms with Crippen LogP contribution in [0.15, 0.2) is 34.9 Å². The predicted molar refractivity (Wildman–Crippen MR) is 76.6 cm³/mol. The molecule has 1 aliphatic rings. The van der Waals surface area contributed by atoms with Crippen LogP contribution in [-0.2, 0) is 0 Å². The lowest BCUT2D eigenvalue weighted by Crippen LogP contribution is -2.04. The van der Waals surface area contributed by atoms with Crippen LogP contribution in [0.2, 0.25) is 0 Å². The number of nitrogens with one attached hydrogen (secondary N) is 1. The largest absolute Gasteiger partial charge is 0.310 e. The summed E-state index contributed by atoms with van der Waals surface area (Å²) < 4.78 is 0. The first kappa shape index (κ1) is 14.0. The van der Waals surface area contributed by atoms with E-state index in [0.717, 1.165) is 18.6 Å². The number of hydrogen-bond acceptors (Lipinski definition) is 1. The summed E-state index contributed by atoms with van der Waals surface area (Å²) in [6, 6.07) is 0. The second-order valence-corrected chi connectivity index (χ2v) is 5.11. The van der Waals surface area contributed by atoms with Crippen LogP contribution in [-0.4, -0.2) is 5.71 Å². The average molecular weight is 231 g/mol. The Labute approximate surface area is 106 Å². The Morgan fingerprint density at radius 1 is 1.41 bits per heavy atom. The fourth-order valence-electron chi connectivity index (χ4n) is 2.01. The molecule has 0 aromatic carbocycles. The minimum absolute atomic E-state index is 0.373. The van der Waals surface area contributed by atoms with Crippen molar-refractivity contribution in [3.63, 3.8) is 0 Å². The Bertz CT molecular complexity index is 369. The standard InChI is InChI=1S/C16H25N/c1-5-15(11-8-13(3)14(4)17)16-9-6-12(2)7-10-16/h6,9,11,13,17H,5,7-8,10H2,1-4H3/b15-11-,17-14?. The lowest BCUT2D eigenvalue weighted by molar-refractivity contribution is 0.771. The Hall–Kier alpha value is -1.11. The third-order valence-corrected chi connectivity index (χ3v) is 3.61. The smallest absolute Gasteiger partial charge is 0.00894 e. The molecule has 1 aliphatic carbocycles. The number of allylic oxidation sites excluding steroid dienone is 6. The van der Waals surface area contributed by atoms with Crippen LogP contribution in [0.1, 0.15) is 53.4 Å². The van der Waals surface area contributed by atoms with Crippen molar-refractivity contribution in [3.05, 3.63) is 34.9 Å². The molecule has 0 bridgehead atoms. The molecular weight excluding hydrogens is 206 g/mol. The zero-order chi connectivity index (χ0) is 12.8. The molecule has 1 heteroatoms. The molecule has 0 aromatic rings. The minimum atomic E-state index is 0.373. The highest BCUT2D eigenvalue weighted by molar-refractivity contribution is 5.80. The molecule has 1 atom stereocenters. The van der Waals surface area contributed by atoms with Gasteiger partial charge in [0.05, 0.1) is 0 Å². The summed E-state index contributed by atoms with van der Waals surface area (Å²) in [5.41, 5.74) is 5.23. The van der Waals surface area contributed by atoms with E-state index >= 15 is 0 Å². The van der Waals surface area contributed by atoms with E-state index in [9.17, 15) is 0 Å². The Morgan fingerprint density at radius 3 is 2.59 bits per heavy atom. The lowest BCUT2D eigenvalue weighted by Gasteiger charge is -2.15. The van der Waals surface area contributed by atoms with Crippen molar-refractivity contribution < 1.29 is 0 Å². The molecule has 1 rings (SSSR count). The molecule has 0 spiro atoms. The van der Waals surface area contributed by atoms with Crippen LogP contribution < -0.4 is 0 Å². The highest BCUT2D eigenvalue weighted by Gasteiger charge is 2.08. The van der Waals surface area contributed by atoms with Crippen LogP contribution in [0.25, 0.3) is 0 Å². The molecule has 1 nitrogen and oxygen atoms in total. The van der Waals surface area contributed by atoms with Gasteiger partial charge in [-0.05, 0) is 56.6 Å². The Kier molecular flexibility index (Phi) is 5.40. The van der Waals surface area contributed by atoms with Gasteiger partial charge in [0, 0.05) is 5.71 Å². The molecule has 0 heterocycles. The summed E-state index contributed by atoms with van der Waals surface area (Å²) in [4.78, 5) is 0. The molecule has 0 saturated heterocycles. The summed E-state index contributed by atoms with van der Waals surface area (Å²) in [6.45, 7) is 8.45. The topological polar surface area (TPSA) is 23.9 Å². The highest BCUT2D eigenvalue weighted by Crippen LogP contribution is 2.26. The third-order valence-electron chi connectivity index (χ3n) is 3.61. The first-order valence-electron chi connectivity index (χ1n) is 6.65. The molecule has 17 heavy (non-hydrogen) atoms. The van der Waals surface area contributed by atoms with Gasteiger partial charge in [0.15, 0.2) is 0 Å². The van der Waals surface area contributed by atoms with E-state index in [0.29, 0.717) is 5.92 Å². The summed E-state index contributed by atoms with van der Waals surface area (Å²) >= 11 is 0. The van der Waals surface area contributed by atoms with E-state index in [1.807, 2.05) is 6.92 Å². The van der Waals surface area contributed by atoms with Gasteiger partial charge in [-0.3, -0.25) is 0 Å². The van der Waals surface area contributed by atoms with Gasteiger partial charge in [-0.25, -0.2) is 0 Å². The molecule has 0 aromatic heterocycles. The van der Waals surface area contributed by atoms with Crippen LogP contribution in [0.5, 0.6) is 0 Å². The molecule has 1 N–H and O–H groups in total. The third kappa shape index (κ3) is 4.33. The van der Waals surface area contributed by atoms with Crippen molar-refractivity contribution in [2.75, 3.05) is 0 Å². The maximum absolute atomic E-state index is 7.62. The van der Waals surface area contributed by atoms with Gasteiger partial charge in [0.25, 0.3) is 0 Å². The van der Waals surface area contributed by atoms with Crippen molar-refractivity contribution in [1.82, 2.24) is 0 Å². The fourth-order valence-corrected chi connectivity index (χ4v) is 2.01. The van der Waals surface area contributed by atoms with E-state index in [4.69, 9.17) is 5.41 Å². The molecular formula is C16H25N. The van der Waals surface area contributed by atoms with Crippen LogP contribution in [0.3, 0.4) is 0 Å². The second-order valence-electron chi connectivity index (χ2n) is 5.11. The van der Waals surface area contributed by atoms with E-state index in [1.54, 1.807) is 0 Å². The average Bonchev–Trinajstić information content (AvgIpc) is 2.31. The highest BCUT2D eigenvalue weighted by atomic mass is 14.4. The summed E-state index contributed by atoms with van der Waals surface area (Å²) in [7, 11) is 0. The first-order valence-corrected chi connectivity index (χ1v) is 6.65. The Morgan fingerprint density at radius 2 is 2.12 bits per heavy atom. The summed E-state index contributed by atoms with van der Waals surface area (Å²) in [5, 5.41) is 7.62. The predicted octanol–water partition coefficient (Wildman–Crippen LogP) is 5.06. The van der Waals surface area contributed by atoms with Crippen LogP contribution >= 0.6 is 0 Å². The lowest BCUT2D eigenvalue weighted by atomic mass is 9.90. The minimum Gasteiger partial charge on any atom is -0.310 e. The van der Waals surface area contributed by atoms with Crippen molar-refractivity contribution in [3.8, 4) is 0 Å². The monoisotopic (exact) mass is 231 g/mol. The quantitative estimate of drug-likeness (QED) is 0.640. The van der Waals surface area contributed by atoms with Crippen molar-refractivity contribution >= 4 is 5.71 Å². The molecule has 0 fully saturated rings. The van der Waals surface area contributed by atoms with Crippen molar-refractivity contribution in [2.24, 2.45) is 5.92 Å². The SMILES string of the molecule is CC/C(=C/CC(C)C(C)=N)C1=CC=C(C)CC1. The van der Waals surface area contributed by atoms with Gasteiger partial charge < -0.3 is 5.41 Å². The van der Waals surface area contributed by atoms with Gasteiger partial charge in [-0.1, -0.05) is 37.6 Å². The van der Waals surface area contributed by atoms with Gasteiger partial charge in [-0.2, -0.15) is 0 Å². The van der Waals surface area contributed by atoms with E-state index in [-0.39, 0.29) is 0 Å². The zero-order valence-corrected chi connectivity index (χ0v) is 11.6. The van der Waals surface area contributed by atoms with Crippen LogP contribution in [0.4, 0.5) is 0 Å². The van der Waals surface area contributed by atoms with E-state index < -0.39 is 0 Å². The molecule has 0 saturated carbocycles. The molecule has 1 unspecified atom stereocenters. The number of hydrogen-bond donors (Lipinski definition) is 1. The number of rotatable bonds is 5. The Balaban J connectivity index is 2.71. The van der Waals surface area contributed by atoms with E-state index in [2.05, 4.69) is 39.0 Å². The van der Waals surface area contributed by atoms with Gasteiger partial charge in [-0.15, -0.1) is 0 Å².